The molecule has 8 nitrogen and oxygen atoms in total. The van der Waals surface area contributed by atoms with Crippen LogP contribution in [0.2, 0.25) is 0 Å². The van der Waals surface area contributed by atoms with E-state index in [1.54, 1.807) is 13.8 Å². The van der Waals surface area contributed by atoms with Crippen molar-refractivity contribution in [3.63, 3.8) is 0 Å². The van der Waals surface area contributed by atoms with Crippen molar-refractivity contribution < 1.29 is 38.3 Å². The topological polar surface area (TPSA) is 84.8 Å². The number of rotatable bonds is 10. The Hall–Kier alpha value is -0.760. The highest BCUT2D eigenvalue weighted by atomic mass is 16.8. The number of methoxy groups -OCH3 is 3. The van der Waals surface area contributed by atoms with Gasteiger partial charge in [-0.25, -0.2) is 0 Å². The lowest BCUT2D eigenvalue weighted by Gasteiger charge is -2.56. The van der Waals surface area contributed by atoms with Crippen LogP contribution in [0.25, 0.3) is 0 Å². The van der Waals surface area contributed by atoms with Crippen LogP contribution in [-0.2, 0) is 33.2 Å². The average Bonchev–Trinajstić information content (AvgIpc) is 2.70. The van der Waals surface area contributed by atoms with E-state index in [2.05, 4.69) is 5.92 Å². The Kier molecular flexibility index (Phi) is 8.67. The molecule has 0 saturated carbocycles. The van der Waals surface area contributed by atoms with Gasteiger partial charge >= 0.3 is 0 Å². The zero-order chi connectivity index (χ0) is 20.8. The van der Waals surface area contributed by atoms with Gasteiger partial charge in [0.05, 0.1) is 6.61 Å². The van der Waals surface area contributed by atoms with Gasteiger partial charge in [-0.3, -0.25) is 0 Å². The molecule has 162 valence electrons. The molecule has 2 heterocycles. The summed E-state index contributed by atoms with van der Waals surface area (Å²) in [6, 6.07) is 0. The molecule has 0 aromatic rings. The third-order valence-electron chi connectivity index (χ3n) is 5.56. The lowest BCUT2D eigenvalue weighted by atomic mass is 9.94. The fourth-order valence-electron chi connectivity index (χ4n) is 3.51. The number of aliphatic hydroxyl groups excluding tert-OH is 1. The molecule has 7 atom stereocenters. The predicted molar refractivity (Wildman–Crippen MR) is 100 cm³/mol. The molecule has 2 aliphatic heterocycles. The molecule has 0 aromatic heterocycles. The van der Waals surface area contributed by atoms with Gasteiger partial charge in [-0.1, -0.05) is 6.42 Å². The van der Waals surface area contributed by atoms with E-state index >= 15 is 0 Å². The van der Waals surface area contributed by atoms with E-state index in [1.807, 2.05) is 0 Å². The van der Waals surface area contributed by atoms with E-state index in [-0.39, 0.29) is 6.61 Å². The summed E-state index contributed by atoms with van der Waals surface area (Å²) in [6.07, 6.45) is 5.19. The van der Waals surface area contributed by atoms with Crippen molar-refractivity contribution in [1.29, 1.82) is 0 Å². The number of terminal acetylenes is 1. The molecule has 0 radical (unpaired) electrons. The molecular weight excluding hydrogens is 368 g/mol. The van der Waals surface area contributed by atoms with E-state index in [0.29, 0.717) is 6.61 Å². The number of fused-ring (bicyclic) bond motifs is 1. The van der Waals surface area contributed by atoms with Gasteiger partial charge in [0.1, 0.15) is 24.4 Å². The van der Waals surface area contributed by atoms with Crippen LogP contribution in [0.3, 0.4) is 0 Å². The van der Waals surface area contributed by atoms with Crippen molar-refractivity contribution in [1.82, 2.24) is 0 Å². The summed E-state index contributed by atoms with van der Waals surface area (Å²) in [5.41, 5.74) is 0. The highest BCUT2D eigenvalue weighted by Gasteiger charge is 2.62. The van der Waals surface area contributed by atoms with Gasteiger partial charge in [0.2, 0.25) is 11.6 Å². The Morgan fingerprint density at radius 1 is 1.00 bits per heavy atom. The van der Waals surface area contributed by atoms with E-state index < -0.39 is 42.3 Å². The van der Waals surface area contributed by atoms with Crippen molar-refractivity contribution in [2.45, 2.75) is 81.8 Å². The fraction of sp³-hybridized carbons (Fsp3) is 0.900. The summed E-state index contributed by atoms with van der Waals surface area (Å²) in [5.74, 6) is 0.215. The third kappa shape index (κ3) is 4.86. The summed E-state index contributed by atoms with van der Waals surface area (Å²) in [7, 11) is 4.48. The Morgan fingerprint density at radius 3 is 2.21 bits per heavy atom. The van der Waals surface area contributed by atoms with Crippen molar-refractivity contribution in [2.24, 2.45) is 0 Å². The van der Waals surface area contributed by atoms with Crippen molar-refractivity contribution in [3.05, 3.63) is 0 Å². The molecule has 0 aliphatic carbocycles. The van der Waals surface area contributed by atoms with Crippen LogP contribution in [0.5, 0.6) is 0 Å². The minimum absolute atomic E-state index is 0.274. The number of hydrogen-bond acceptors (Lipinski definition) is 8. The summed E-state index contributed by atoms with van der Waals surface area (Å²) >= 11 is 0. The molecule has 2 saturated heterocycles. The Morgan fingerprint density at radius 2 is 1.64 bits per heavy atom. The monoisotopic (exact) mass is 402 g/mol. The number of unbranched alkanes of at least 4 members (excludes halogenated alkanes) is 3. The van der Waals surface area contributed by atoms with Gasteiger partial charge in [-0.2, -0.15) is 0 Å². The van der Waals surface area contributed by atoms with Gasteiger partial charge < -0.3 is 38.3 Å². The molecule has 2 unspecified atom stereocenters. The van der Waals surface area contributed by atoms with Crippen LogP contribution in [0.1, 0.15) is 39.5 Å². The molecule has 2 aliphatic rings. The number of ether oxygens (including phenoxy) is 7. The minimum Gasteiger partial charge on any atom is -0.385 e. The first-order valence-electron chi connectivity index (χ1n) is 9.69. The van der Waals surface area contributed by atoms with Crippen LogP contribution in [0, 0.1) is 12.3 Å². The van der Waals surface area contributed by atoms with Crippen LogP contribution >= 0.6 is 0 Å². The van der Waals surface area contributed by atoms with Crippen LogP contribution in [-0.4, -0.2) is 81.9 Å². The normalized spacial score (nSPS) is 40.7. The van der Waals surface area contributed by atoms with Gasteiger partial charge in [0, 0.05) is 34.4 Å². The SMILES string of the molecule is C#CCCCCCOC[C@H]1O[C@H](OC)[C@@H](O)[C@H]2OC(C)(OC)C(C)(OC)O[C@@H]21. The molecular formula is C20H34O8. The largest absolute Gasteiger partial charge is 0.385 e. The quantitative estimate of drug-likeness (QED) is 0.434. The fourth-order valence-corrected chi connectivity index (χ4v) is 3.51. The lowest BCUT2D eigenvalue weighted by molar-refractivity contribution is -0.479. The zero-order valence-electron chi connectivity index (χ0n) is 17.5. The van der Waals surface area contributed by atoms with E-state index in [9.17, 15) is 5.11 Å². The van der Waals surface area contributed by atoms with E-state index in [0.717, 1.165) is 25.7 Å². The van der Waals surface area contributed by atoms with E-state index in [1.165, 1.54) is 21.3 Å². The molecule has 2 fully saturated rings. The predicted octanol–water partition coefficient (Wildman–Crippen LogP) is 1.44. The standard InChI is InChI=1S/C20H34O8/c1-7-8-9-10-11-12-25-13-14-16-17(15(21)18(22-4)26-14)28-20(3,24-6)19(2,23-5)27-16/h1,14-18,21H,8-13H2,2-6H3/t14-,15+,16-,17-,18+,19?,20?/m1/s1. The first-order valence-corrected chi connectivity index (χ1v) is 9.69. The third-order valence-corrected chi connectivity index (χ3v) is 5.56. The highest BCUT2D eigenvalue weighted by molar-refractivity contribution is 5.00. The van der Waals surface area contributed by atoms with Gasteiger partial charge in [0.25, 0.3) is 0 Å². The molecule has 0 spiro atoms. The lowest BCUT2D eigenvalue weighted by Crippen LogP contribution is -2.73. The Balaban J connectivity index is 2.04. The molecule has 8 heteroatoms. The van der Waals surface area contributed by atoms with Gasteiger partial charge in [-0.15, -0.1) is 12.3 Å². The molecule has 0 bridgehead atoms. The summed E-state index contributed by atoms with van der Waals surface area (Å²) in [6.45, 7) is 4.29. The minimum atomic E-state index is -1.22. The second kappa shape index (κ2) is 10.3. The maximum atomic E-state index is 10.6. The van der Waals surface area contributed by atoms with Crippen molar-refractivity contribution in [2.75, 3.05) is 34.5 Å². The summed E-state index contributed by atoms with van der Waals surface area (Å²) < 4.78 is 40.3. The van der Waals surface area contributed by atoms with Crippen LogP contribution in [0.4, 0.5) is 0 Å². The highest BCUT2D eigenvalue weighted by Crippen LogP contribution is 2.43. The molecule has 0 amide bonds. The molecule has 2 rings (SSSR count). The Labute approximate surface area is 167 Å². The second-order valence-electron chi connectivity index (χ2n) is 7.32. The maximum absolute atomic E-state index is 10.6. The van der Waals surface area contributed by atoms with Crippen molar-refractivity contribution >= 4 is 0 Å². The maximum Gasteiger partial charge on any atom is 0.220 e. The molecule has 0 aromatic carbocycles. The molecule has 28 heavy (non-hydrogen) atoms. The van der Waals surface area contributed by atoms with Gasteiger partial charge in [0.15, 0.2) is 6.29 Å². The summed E-state index contributed by atoms with van der Waals surface area (Å²) in [5, 5.41) is 10.6. The molecule has 1 N–H and O–H groups in total. The van der Waals surface area contributed by atoms with Crippen molar-refractivity contribution in [3.8, 4) is 12.3 Å². The van der Waals surface area contributed by atoms with Crippen LogP contribution in [0.15, 0.2) is 0 Å². The average molecular weight is 402 g/mol. The number of aliphatic hydroxyl groups is 1. The smallest absolute Gasteiger partial charge is 0.220 e. The van der Waals surface area contributed by atoms with Gasteiger partial charge in [-0.05, 0) is 26.7 Å². The zero-order valence-corrected chi connectivity index (χ0v) is 17.5. The summed E-state index contributed by atoms with van der Waals surface area (Å²) in [4.78, 5) is 0. The first-order chi connectivity index (χ1) is 13.4. The first kappa shape index (κ1) is 23.5. The van der Waals surface area contributed by atoms with E-state index in [4.69, 9.17) is 39.6 Å². The second-order valence-corrected chi connectivity index (χ2v) is 7.32. The van der Waals surface area contributed by atoms with Crippen LogP contribution < -0.4 is 0 Å². The Bertz CT molecular complexity index is 523. The number of hydrogen-bond donors (Lipinski definition) is 1.